The maximum atomic E-state index is 13.7. The Morgan fingerprint density at radius 3 is 2.83 bits per heavy atom. The van der Waals surface area contributed by atoms with Gasteiger partial charge in [-0.3, -0.25) is 9.78 Å². The third-order valence-corrected chi connectivity index (χ3v) is 4.79. The van der Waals surface area contributed by atoms with Crippen LogP contribution in [0.15, 0.2) is 61.2 Å². The smallest absolute Gasteiger partial charge is 0.251 e. The summed E-state index contributed by atoms with van der Waals surface area (Å²) in [6.07, 6.45) is 4.05. The number of carbonyl (C=O) groups is 1. The molecular formula is C23H19FN4O2. The second-order valence-electron chi connectivity index (χ2n) is 6.88. The van der Waals surface area contributed by atoms with Gasteiger partial charge in [0.25, 0.3) is 5.91 Å². The predicted molar refractivity (Wildman–Crippen MR) is 111 cm³/mol. The molecule has 0 radical (unpaired) electrons. The minimum absolute atomic E-state index is 0.0631. The molecular weight excluding hydrogens is 383 g/mol. The molecule has 0 aliphatic heterocycles. The van der Waals surface area contributed by atoms with Crippen molar-refractivity contribution in [3.63, 3.8) is 0 Å². The Labute approximate surface area is 172 Å². The van der Waals surface area contributed by atoms with Gasteiger partial charge < -0.3 is 10.1 Å². The summed E-state index contributed by atoms with van der Waals surface area (Å²) < 4.78 is 19.8. The first-order valence-electron chi connectivity index (χ1n) is 9.38. The minimum atomic E-state index is -0.461. The topological polar surface area (TPSA) is 77.0 Å². The number of benzene rings is 2. The number of nitrogens with zero attached hydrogens (tertiary/aromatic N) is 3. The van der Waals surface area contributed by atoms with E-state index in [-0.39, 0.29) is 12.5 Å². The van der Waals surface area contributed by atoms with Crippen LogP contribution < -0.4 is 10.1 Å². The van der Waals surface area contributed by atoms with Crippen LogP contribution in [0.4, 0.5) is 4.39 Å². The lowest BCUT2D eigenvalue weighted by molar-refractivity contribution is 0.0949. The van der Waals surface area contributed by atoms with Crippen molar-refractivity contribution in [2.45, 2.75) is 20.4 Å². The second-order valence-corrected chi connectivity index (χ2v) is 6.88. The van der Waals surface area contributed by atoms with Crippen LogP contribution in [0.25, 0.3) is 10.9 Å². The lowest BCUT2D eigenvalue weighted by Gasteiger charge is -2.13. The van der Waals surface area contributed by atoms with E-state index in [1.165, 1.54) is 18.6 Å². The zero-order chi connectivity index (χ0) is 21.1. The molecule has 0 saturated heterocycles. The maximum absolute atomic E-state index is 13.7. The van der Waals surface area contributed by atoms with Crippen LogP contribution in [-0.2, 0) is 6.54 Å². The number of amides is 1. The monoisotopic (exact) mass is 402 g/mol. The van der Waals surface area contributed by atoms with Gasteiger partial charge in [0, 0.05) is 29.4 Å². The third kappa shape index (κ3) is 3.96. The first kappa shape index (κ1) is 19.4. The second kappa shape index (κ2) is 8.24. The van der Waals surface area contributed by atoms with Gasteiger partial charge in [0.1, 0.15) is 17.9 Å². The zero-order valence-corrected chi connectivity index (χ0v) is 16.5. The molecule has 30 heavy (non-hydrogen) atoms. The van der Waals surface area contributed by atoms with E-state index in [0.717, 1.165) is 22.7 Å². The fourth-order valence-electron chi connectivity index (χ4n) is 3.12. The van der Waals surface area contributed by atoms with Crippen LogP contribution >= 0.6 is 0 Å². The summed E-state index contributed by atoms with van der Waals surface area (Å²) in [4.78, 5) is 24.9. The maximum Gasteiger partial charge on any atom is 0.251 e. The molecule has 0 atom stereocenters. The van der Waals surface area contributed by atoms with Crippen LogP contribution in [0.5, 0.6) is 11.6 Å². The van der Waals surface area contributed by atoms with Gasteiger partial charge in [-0.25, -0.2) is 14.4 Å². The number of pyridine rings is 1. The Morgan fingerprint density at radius 1 is 1.13 bits per heavy atom. The summed E-state index contributed by atoms with van der Waals surface area (Å²) in [5.41, 5.74) is 3.34. The lowest BCUT2D eigenvalue weighted by atomic mass is 10.1. The Morgan fingerprint density at radius 2 is 2.00 bits per heavy atom. The molecule has 0 bridgehead atoms. The van der Waals surface area contributed by atoms with Crippen LogP contribution in [-0.4, -0.2) is 20.9 Å². The number of fused-ring (bicyclic) bond motifs is 1. The van der Waals surface area contributed by atoms with E-state index in [4.69, 9.17) is 4.74 Å². The van der Waals surface area contributed by atoms with Crippen molar-refractivity contribution < 1.29 is 13.9 Å². The quantitative estimate of drug-likeness (QED) is 0.532. The number of aromatic nitrogens is 3. The van der Waals surface area contributed by atoms with E-state index in [1.54, 1.807) is 25.1 Å². The standard InChI is InChI=1S/C23H19FN4O2/c1-14-6-7-18-20(10-14)27-13-28-23(18)30-21-5-3-4-17(15(21)2)22(29)26-11-16-8-9-25-12-19(16)24/h3-10,12-13H,11H2,1-2H3,(H,26,29). The van der Waals surface area contributed by atoms with E-state index in [9.17, 15) is 9.18 Å². The molecule has 1 N–H and O–H groups in total. The molecule has 0 fully saturated rings. The fourth-order valence-corrected chi connectivity index (χ4v) is 3.12. The van der Waals surface area contributed by atoms with Crippen molar-refractivity contribution in [2.24, 2.45) is 0 Å². The van der Waals surface area contributed by atoms with Crippen molar-refractivity contribution in [3.05, 3.63) is 89.3 Å². The Kier molecular flexibility index (Phi) is 5.34. The van der Waals surface area contributed by atoms with Crippen LogP contribution in [0.1, 0.15) is 27.0 Å². The highest BCUT2D eigenvalue weighted by Crippen LogP contribution is 2.30. The Bertz CT molecular complexity index is 1240. The summed E-state index contributed by atoms with van der Waals surface area (Å²) in [5, 5.41) is 3.52. The number of hydrogen-bond donors (Lipinski definition) is 1. The number of nitrogens with one attached hydrogen (secondary N) is 1. The molecule has 0 spiro atoms. The molecule has 6 nitrogen and oxygen atoms in total. The number of hydrogen-bond acceptors (Lipinski definition) is 5. The fraction of sp³-hybridized carbons (Fsp3) is 0.130. The highest BCUT2D eigenvalue weighted by Gasteiger charge is 2.15. The SMILES string of the molecule is Cc1ccc2c(Oc3cccc(C(=O)NCc4ccncc4F)c3C)ncnc2c1. The van der Waals surface area contributed by atoms with Gasteiger partial charge in [-0.05, 0) is 49.7 Å². The van der Waals surface area contributed by atoms with Crippen molar-refractivity contribution in [1.82, 2.24) is 20.3 Å². The minimum Gasteiger partial charge on any atom is -0.438 e. The number of halogens is 1. The van der Waals surface area contributed by atoms with Crippen LogP contribution in [0.3, 0.4) is 0 Å². The largest absolute Gasteiger partial charge is 0.438 e. The van der Waals surface area contributed by atoms with Crippen LogP contribution in [0.2, 0.25) is 0 Å². The van der Waals surface area contributed by atoms with E-state index < -0.39 is 5.82 Å². The first-order chi connectivity index (χ1) is 14.5. The number of carbonyl (C=O) groups excluding carboxylic acids is 1. The molecule has 0 unspecified atom stereocenters. The molecule has 150 valence electrons. The number of aryl methyl sites for hydroxylation is 1. The lowest BCUT2D eigenvalue weighted by Crippen LogP contribution is -2.24. The van der Waals surface area contributed by atoms with E-state index in [0.29, 0.717) is 28.3 Å². The van der Waals surface area contributed by atoms with Gasteiger partial charge in [0.05, 0.1) is 17.1 Å². The van der Waals surface area contributed by atoms with E-state index >= 15 is 0 Å². The van der Waals surface area contributed by atoms with Gasteiger partial charge in [-0.2, -0.15) is 0 Å². The number of ether oxygens (including phenoxy) is 1. The van der Waals surface area contributed by atoms with Crippen molar-refractivity contribution in [2.75, 3.05) is 0 Å². The summed E-state index contributed by atoms with van der Waals surface area (Å²) in [5.74, 6) is 0.146. The molecule has 1 amide bonds. The van der Waals surface area contributed by atoms with Crippen LogP contribution in [0, 0.1) is 19.7 Å². The Balaban J connectivity index is 1.58. The zero-order valence-electron chi connectivity index (χ0n) is 16.5. The molecule has 2 aromatic carbocycles. The van der Waals surface area contributed by atoms with Crippen molar-refractivity contribution >= 4 is 16.8 Å². The summed E-state index contributed by atoms with van der Waals surface area (Å²) in [6, 6.07) is 12.6. The summed E-state index contributed by atoms with van der Waals surface area (Å²) >= 11 is 0. The summed E-state index contributed by atoms with van der Waals surface area (Å²) in [7, 11) is 0. The molecule has 0 aliphatic rings. The van der Waals surface area contributed by atoms with Gasteiger partial charge in [0.2, 0.25) is 5.88 Å². The van der Waals surface area contributed by atoms with Gasteiger partial charge >= 0.3 is 0 Å². The summed E-state index contributed by atoms with van der Waals surface area (Å²) in [6.45, 7) is 3.85. The molecule has 0 aliphatic carbocycles. The third-order valence-electron chi connectivity index (χ3n) is 4.79. The van der Waals surface area contributed by atoms with Gasteiger partial charge in [-0.1, -0.05) is 12.1 Å². The van der Waals surface area contributed by atoms with E-state index in [2.05, 4.69) is 20.3 Å². The highest BCUT2D eigenvalue weighted by molar-refractivity contribution is 5.96. The predicted octanol–water partition coefficient (Wildman–Crippen LogP) is 4.50. The van der Waals surface area contributed by atoms with Gasteiger partial charge in [0.15, 0.2) is 0 Å². The molecule has 2 heterocycles. The molecule has 0 saturated carbocycles. The van der Waals surface area contributed by atoms with Crippen molar-refractivity contribution in [3.8, 4) is 11.6 Å². The van der Waals surface area contributed by atoms with E-state index in [1.807, 2.05) is 25.1 Å². The molecule has 7 heteroatoms. The Hall–Kier alpha value is -3.87. The average molecular weight is 402 g/mol. The van der Waals surface area contributed by atoms with Gasteiger partial charge in [-0.15, -0.1) is 0 Å². The molecule has 2 aromatic heterocycles. The molecule has 4 aromatic rings. The first-order valence-corrected chi connectivity index (χ1v) is 9.38. The molecule has 4 rings (SSSR count). The average Bonchev–Trinajstić information content (AvgIpc) is 2.74. The number of rotatable bonds is 5. The normalized spacial score (nSPS) is 10.8. The highest BCUT2D eigenvalue weighted by atomic mass is 19.1. The van der Waals surface area contributed by atoms with Crippen molar-refractivity contribution in [1.29, 1.82) is 0 Å².